The van der Waals surface area contributed by atoms with E-state index in [1.54, 1.807) is 0 Å². The van der Waals surface area contributed by atoms with Crippen LogP contribution in [0.15, 0.2) is 30.3 Å². The fraction of sp³-hybridized carbons (Fsp3) is 0.600. The molecule has 0 spiro atoms. The molecule has 1 aliphatic heterocycles. The van der Waals surface area contributed by atoms with E-state index in [4.69, 9.17) is 0 Å². The first-order chi connectivity index (χ1) is 8.25. The van der Waals surface area contributed by atoms with Crippen LogP contribution in [0.5, 0.6) is 0 Å². The van der Waals surface area contributed by atoms with Crippen molar-refractivity contribution in [3.05, 3.63) is 35.9 Å². The van der Waals surface area contributed by atoms with Crippen molar-refractivity contribution in [1.82, 2.24) is 10.2 Å². The van der Waals surface area contributed by atoms with Crippen molar-refractivity contribution in [2.45, 2.75) is 38.8 Å². The van der Waals surface area contributed by atoms with Gasteiger partial charge in [-0.25, -0.2) is 0 Å². The zero-order chi connectivity index (χ0) is 12.1. The molecular formula is C15H24N2. The lowest BCUT2D eigenvalue weighted by molar-refractivity contribution is 0.145. The van der Waals surface area contributed by atoms with Gasteiger partial charge in [-0.2, -0.15) is 0 Å². The fourth-order valence-electron chi connectivity index (χ4n) is 2.54. The molecule has 0 aromatic heterocycles. The molecule has 1 saturated heterocycles. The Labute approximate surface area is 105 Å². The molecular weight excluding hydrogens is 208 g/mol. The van der Waals surface area contributed by atoms with Crippen LogP contribution in [0.3, 0.4) is 0 Å². The second kappa shape index (κ2) is 6.18. The monoisotopic (exact) mass is 232 g/mol. The number of hydrogen-bond donors (Lipinski definition) is 1. The third kappa shape index (κ3) is 3.83. The summed E-state index contributed by atoms with van der Waals surface area (Å²) in [7, 11) is 0. The predicted octanol–water partition coefficient (Wildman–Crippen LogP) is 2.30. The van der Waals surface area contributed by atoms with Crippen LogP contribution < -0.4 is 5.32 Å². The summed E-state index contributed by atoms with van der Waals surface area (Å²) in [6.07, 6.45) is 2.47. The van der Waals surface area contributed by atoms with E-state index < -0.39 is 0 Å². The molecule has 17 heavy (non-hydrogen) atoms. The number of nitrogens with one attached hydrogen (secondary N) is 1. The Kier molecular flexibility index (Phi) is 4.57. The number of piperazine rings is 1. The molecule has 1 aromatic rings. The second-order valence-electron chi connectivity index (χ2n) is 5.24. The van der Waals surface area contributed by atoms with E-state index in [2.05, 4.69) is 54.4 Å². The van der Waals surface area contributed by atoms with Crippen LogP contribution in [0.25, 0.3) is 0 Å². The van der Waals surface area contributed by atoms with Gasteiger partial charge in [0.25, 0.3) is 0 Å². The Balaban J connectivity index is 1.74. The maximum atomic E-state index is 3.53. The lowest BCUT2D eigenvalue weighted by Crippen LogP contribution is -2.54. The van der Waals surface area contributed by atoms with Crippen LogP contribution in [0.1, 0.15) is 25.8 Å². The van der Waals surface area contributed by atoms with Crippen LogP contribution in [-0.4, -0.2) is 36.6 Å². The van der Waals surface area contributed by atoms with Crippen LogP contribution in [0.4, 0.5) is 0 Å². The van der Waals surface area contributed by atoms with Gasteiger partial charge in [-0.1, -0.05) is 30.3 Å². The summed E-state index contributed by atoms with van der Waals surface area (Å²) in [5.41, 5.74) is 1.46. The molecule has 0 amide bonds. The van der Waals surface area contributed by atoms with Crippen molar-refractivity contribution in [2.75, 3.05) is 19.6 Å². The lowest BCUT2D eigenvalue weighted by Gasteiger charge is -2.37. The van der Waals surface area contributed by atoms with Gasteiger partial charge in [0, 0.05) is 25.2 Å². The maximum absolute atomic E-state index is 3.53. The van der Waals surface area contributed by atoms with Gasteiger partial charge < -0.3 is 5.32 Å². The summed E-state index contributed by atoms with van der Waals surface area (Å²) >= 11 is 0. The Bertz CT molecular complexity index is 323. The van der Waals surface area contributed by atoms with Gasteiger partial charge in [-0.15, -0.1) is 0 Å². The summed E-state index contributed by atoms with van der Waals surface area (Å²) in [5, 5.41) is 3.53. The van der Waals surface area contributed by atoms with Crippen molar-refractivity contribution in [3.63, 3.8) is 0 Å². The van der Waals surface area contributed by atoms with Crippen LogP contribution in [0, 0.1) is 0 Å². The van der Waals surface area contributed by atoms with E-state index in [-0.39, 0.29) is 0 Å². The van der Waals surface area contributed by atoms with Crippen LogP contribution in [-0.2, 0) is 6.42 Å². The summed E-state index contributed by atoms with van der Waals surface area (Å²) in [6, 6.07) is 12.1. The number of hydrogen-bond acceptors (Lipinski definition) is 2. The van der Waals surface area contributed by atoms with E-state index in [1.807, 2.05) is 0 Å². The summed E-state index contributed by atoms with van der Waals surface area (Å²) < 4.78 is 0. The fourth-order valence-corrected chi connectivity index (χ4v) is 2.54. The quantitative estimate of drug-likeness (QED) is 0.857. The molecule has 1 aliphatic rings. The molecule has 2 rings (SSSR count). The highest BCUT2D eigenvalue weighted by atomic mass is 15.2. The van der Waals surface area contributed by atoms with Crippen LogP contribution in [0.2, 0.25) is 0 Å². The summed E-state index contributed by atoms with van der Waals surface area (Å²) in [5.74, 6) is 0. The molecule has 0 aliphatic carbocycles. The van der Waals surface area contributed by atoms with E-state index in [0.29, 0.717) is 12.1 Å². The molecule has 0 bridgehead atoms. The number of aryl methyl sites for hydroxylation is 1. The van der Waals surface area contributed by atoms with Crippen molar-refractivity contribution in [2.24, 2.45) is 0 Å². The zero-order valence-electron chi connectivity index (χ0n) is 11.0. The third-order valence-corrected chi connectivity index (χ3v) is 3.65. The average Bonchev–Trinajstić information content (AvgIpc) is 2.35. The summed E-state index contributed by atoms with van der Waals surface area (Å²) in [4.78, 5) is 2.62. The molecule has 0 saturated carbocycles. The van der Waals surface area contributed by atoms with Gasteiger partial charge in [0.05, 0.1) is 0 Å². The highest BCUT2D eigenvalue weighted by molar-refractivity contribution is 5.14. The molecule has 1 N–H and O–H groups in total. The molecule has 2 heteroatoms. The number of nitrogens with zero attached hydrogens (tertiary/aromatic N) is 1. The lowest BCUT2D eigenvalue weighted by atomic mass is 10.1. The Morgan fingerprint density at radius 3 is 2.76 bits per heavy atom. The largest absolute Gasteiger partial charge is 0.311 e. The highest BCUT2D eigenvalue weighted by Crippen LogP contribution is 2.09. The first-order valence-corrected chi connectivity index (χ1v) is 6.77. The standard InChI is InChI=1S/C15H24N2/c1-13-12-17(14(2)11-16-13)10-6-9-15-7-4-3-5-8-15/h3-5,7-8,13-14,16H,6,9-12H2,1-2H3/t13-,14-/m1/s1. The van der Waals surface area contributed by atoms with Crippen molar-refractivity contribution in [1.29, 1.82) is 0 Å². The molecule has 0 unspecified atom stereocenters. The first-order valence-electron chi connectivity index (χ1n) is 6.77. The van der Waals surface area contributed by atoms with Crippen molar-refractivity contribution in [3.8, 4) is 0 Å². The molecule has 1 fully saturated rings. The molecule has 1 aromatic carbocycles. The number of rotatable bonds is 4. The highest BCUT2D eigenvalue weighted by Gasteiger charge is 2.21. The number of benzene rings is 1. The molecule has 0 radical (unpaired) electrons. The minimum atomic E-state index is 0.642. The van der Waals surface area contributed by atoms with Crippen molar-refractivity contribution < 1.29 is 0 Å². The van der Waals surface area contributed by atoms with Crippen LogP contribution >= 0.6 is 0 Å². The minimum absolute atomic E-state index is 0.642. The Morgan fingerprint density at radius 1 is 1.24 bits per heavy atom. The van der Waals surface area contributed by atoms with Gasteiger partial charge >= 0.3 is 0 Å². The maximum Gasteiger partial charge on any atom is 0.0193 e. The Morgan fingerprint density at radius 2 is 2.00 bits per heavy atom. The summed E-state index contributed by atoms with van der Waals surface area (Å²) in [6.45, 7) is 8.14. The third-order valence-electron chi connectivity index (χ3n) is 3.65. The molecule has 94 valence electrons. The normalized spacial score (nSPS) is 26.0. The van der Waals surface area contributed by atoms with Gasteiger partial charge in [-0.05, 0) is 38.8 Å². The van der Waals surface area contributed by atoms with E-state index in [1.165, 1.54) is 31.5 Å². The average molecular weight is 232 g/mol. The smallest absolute Gasteiger partial charge is 0.0193 e. The van der Waals surface area contributed by atoms with Gasteiger partial charge in [0.1, 0.15) is 0 Å². The zero-order valence-corrected chi connectivity index (χ0v) is 11.0. The first kappa shape index (κ1) is 12.6. The SMILES string of the molecule is C[C@@H]1CN(CCCc2ccccc2)[C@H](C)CN1. The topological polar surface area (TPSA) is 15.3 Å². The van der Waals surface area contributed by atoms with Gasteiger partial charge in [0.15, 0.2) is 0 Å². The van der Waals surface area contributed by atoms with Gasteiger partial charge in [-0.3, -0.25) is 4.90 Å². The van der Waals surface area contributed by atoms with E-state index in [0.717, 1.165) is 6.54 Å². The predicted molar refractivity (Wildman–Crippen MR) is 73.3 cm³/mol. The van der Waals surface area contributed by atoms with E-state index in [9.17, 15) is 0 Å². The molecule has 1 heterocycles. The van der Waals surface area contributed by atoms with Crippen molar-refractivity contribution >= 4 is 0 Å². The van der Waals surface area contributed by atoms with E-state index >= 15 is 0 Å². The molecule has 2 nitrogen and oxygen atoms in total. The van der Waals surface area contributed by atoms with Gasteiger partial charge in [0.2, 0.25) is 0 Å². The minimum Gasteiger partial charge on any atom is -0.311 e. The Hall–Kier alpha value is -0.860. The second-order valence-corrected chi connectivity index (χ2v) is 5.24. The molecule has 2 atom stereocenters.